The van der Waals surface area contributed by atoms with Gasteiger partial charge in [0, 0.05) is 17.9 Å². The average molecular weight is 167 g/mol. The molecule has 0 aliphatic carbocycles. The Morgan fingerprint density at radius 2 is 2.00 bits per heavy atom. The third-order valence-corrected chi connectivity index (χ3v) is 1.91. The molecule has 0 bridgehead atoms. The fourth-order valence-electron chi connectivity index (χ4n) is 1.25. The molecule has 1 heteroatoms. The second-order valence-corrected chi connectivity index (χ2v) is 3.93. The van der Waals surface area contributed by atoms with Crippen molar-refractivity contribution in [1.29, 1.82) is 0 Å². The number of hydrogen-bond donors (Lipinski definition) is 1. The van der Waals surface area contributed by atoms with E-state index in [0.29, 0.717) is 6.04 Å². The Morgan fingerprint density at radius 1 is 1.42 bits per heavy atom. The van der Waals surface area contributed by atoms with Gasteiger partial charge in [0.2, 0.25) is 0 Å². The molecule has 0 heterocycles. The molecule has 0 aliphatic heterocycles. The summed E-state index contributed by atoms with van der Waals surface area (Å²) < 4.78 is 0. The van der Waals surface area contributed by atoms with Crippen LogP contribution in [0.15, 0.2) is 0 Å². The van der Waals surface area contributed by atoms with Crippen molar-refractivity contribution >= 4 is 0 Å². The number of hydrogen-bond acceptors (Lipinski definition) is 1. The van der Waals surface area contributed by atoms with Gasteiger partial charge >= 0.3 is 0 Å². The Bertz CT molecular complexity index is 171. The highest BCUT2D eigenvalue weighted by Gasteiger charge is 2.16. The minimum atomic E-state index is 0.151. The van der Waals surface area contributed by atoms with Crippen LogP contribution in [0.4, 0.5) is 0 Å². The first-order valence-electron chi connectivity index (χ1n) is 4.69. The van der Waals surface area contributed by atoms with Crippen LogP contribution >= 0.6 is 0 Å². The zero-order valence-corrected chi connectivity index (χ0v) is 8.99. The third-order valence-electron chi connectivity index (χ3n) is 1.91. The topological polar surface area (TPSA) is 12.0 Å². The van der Waals surface area contributed by atoms with E-state index >= 15 is 0 Å². The van der Waals surface area contributed by atoms with Crippen molar-refractivity contribution in [3.8, 4) is 11.8 Å². The molecule has 0 amide bonds. The van der Waals surface area contributed by atoms with Crippen LogP contribution in [0.3, 0.4) is 0 Å². The molecule has 1 unspecified atom stereocenters. The lowest BCUT2D eigenvalue weighted by Crippen LogP contribution is -2.27. The third kappa shape index (κ3) is 5.21. The molecule has 0 aliphatic rings. The summed E-state index contributed by atoms with van der Waals surface area (Å²) in [5.41, 5.74) is 0.151. The highest BCUT2D eigenvalue weighted by atomic mass is 14.9. The summed E-state index contributed by atoms with van der Waals surface area (Å²) in [6.45, 7) is 8.67. The summed E-state index contributed by atoms with van der Waals surface area (Å²) in [5, 5.41) is 3.23. The maximum Gasteiger partial charge on any atom is 0.0273 e. The average Bonchev–Trinajstić information content (AvgIpc) is 2.00. The molecule has 70 valence electrons. The fourth-order valence-corrected chi connectivity index (χ4v) is 1.25. The van der Waals surface area contributed by atoms with Crippen molar-refractivity contribution in [2.45, 2.75) is 46.6 Å². The van der Waals surface area contributed by atoms with Crippen LogP contribution < -0.4 is 5.32 Å². The van der Waals surface area contributed by atoms with Crippen LogP contribution in [-0.4, -0.2) is 13.1 Å². The molecule has 0 aromatic heterocycles. The summed E-state index contributed by atoms with van der Waals surface area (Å²) in [4.78, 5) is 0. The number of rotatable bonds is 3. The van der Waals surface area contributed by atoms with Crippen LogP contribution in [0, 0.1) is 17.3 Å². The van der Waals surface area contributed by atoms with E-state index in [4.69, 9.17) is 0 Å². The molecular weight excluding hydrogens is 146 g/mol. The van der Waals surface area contributed by atoms with E-state index in [9.17, 15) is 0 Å². The Morgan fingerprint density at radius 3 is 2.42 bits per heavy atom. The second-order valence-electron chi connectivity index (χ2n) is 3.93. The lowest BCUT2D eigenvalue weighted by Gasteiger charge is -2.21. The maximum atomic E-state index is 3.28. The predicted molar refractivity (Wildman–Crippen MR) is 55.0 cm³/mol. The predicted octanol–water partition coefficient (Wildman–Crippen LogP) is 2.42. The minimum absolute atomic E-state index is 0.151. The van der Waals surface area contributed by atoms with Crippen LogP contribution in [0.5, 0.6) is 0 Å². The Hall–Kier alpha value is -0.480. The molecule has 1 atom stereocenters. The smallest absolute Gasteiger partial charge is 0.0273 e. The molecule has 0 aromatic carbocycles. The normalized spacial score (nSPS) is 13.4. The maximum absolute atomic E-state index is 3.28. The van der Waals surface area contributed by atoms with Gasteiger partial charge in [-0.05, 0) is 34.2 Å². The standard InChI is InChI=1S/C11H21N/c1-6-7-8-11(3,4)9-10(2)12-5/h10,12H,6,9H2,1-5H3. The summed E-state index contributed by atoms with van der Waals surface area (Å²) in [6, 6.07) is 0.547. The fraction of sp³-hybridized carbons (Fsp3) is 0.818. The molecule has 0 saturated heterocycles. The highest BCUT2D eigenvalue weighted by molar-refractivity contribution is 5.08. The zero-order chi connectivity index (χ0) is 9.61. The summed E-state index contributed by atoms with van der Waals surface area (Å²) in [7, 11) is 1.99. The largest absolute Gasteiger partial charge is 0.317 e. The van der Waals surface area contributed by atoms with Crippen LogP contribution in [0.2, 0.25) is 0 Å². The van der Waals surface area contributed by atoms with E-state index in [1.54, 1.807) is 0 Å². The van der Waals surface area contributed by atoms with Crippen LogP contribution in [-0.2, 0) is 0 Å². The van der Waals surface area contributed by atoms with Gasteiger partial charge in [0.1, 0.15) is 0 Å². The van der Waals surface area contributed by atoms with Crippen molar-refractivity contribution in [2.75, 3.05) is 7.05 Å². The summed E-state index contributed by atoms with van der Waals surface area (Å²) >= 11 is 0. The first-order chi connectivity index (χ1) is 5.52. The van der Waals surface area contributed by atoms with E-state index in [0.717, 1.165) is 12.8 Å². The zero-order valence-electron chi connectivity index (χ0n) is 8.99. The first-order valence-corrected chi connectivity index (χ1v) is 4.69. The molecular formula is C11H21N. The van der Waals surface area contributed by atoms with Gasteiger partial charge in [-0.25, -0.2) is 0 Å². The van der Waals surface area contributed by atoms with Gasteiger partial charge in [-0.1, -0.05) is 12.8 Å². The lowest BCUT2D eigenvalue weighted by molar-refractivity contribution is 0.388. The van der Waals surface area contributed by atoms with Crippen LogP contribution in [0.25, 0.3) is 0 Å². The SMILES string of the molecule is CCC#CC(C)(C)CC(C)NC. The van der Waals surface area contributed by atoms with Crippen molar-refractivity contribution in [2.24, 2.45) is 5.41 Å². The van der Waals surface area contributed by atoms with Gasteiger partial charge in [0.05, 0.1) is 0 Å². The van der Waals surface area contributed by atoms with Gasteiger partial charge < -0.3 is 5.32 Å². The molecule has 0 saturated carbocycles. The van der Waals surface area contributed by atoms with Crippen LogP contribution in [0.1, 0.15) is 40.5 Å². The summed E-state index contributed by atoms with van der Waals surface area (Å²) in [6.07, 6.45) is 2.06. The Balaban J connectivity index is 4.03. The van der Waals surface area contributed by atoms with Crippen molar-refractivity contribution in [3.63, 3.8) is 0 Å². The first kappa shape index (κ1) is 11.5. The van der Waals surface area contributed by atoms with Gasteiger partial charge in [-0.3, -0.25) is 0 Å². The monoisotopic (exact) mass is 167 g/mol. The highest BCUT2D eigenvalue weighted by Crippen LogP contribution is 2.20. The number of nitrogens with one attached hydrogen (secondary N) is 1. The van der Waals surface area contributed by atoms with Crippen molar-refractivity contribution in [3.05, 3.63) is 0 Å². The minimum Gasteiger partial charge on any atom is -0.317 e. The van der Waals surface area contributed by atoms with Gasteiger partial charge in [-0.15, -0.1) is 5.92 Å². The molecule has 0 radical (unpaired) electrons. The summed E-state index contributed by atoms with van der Waals surface area (Å²) in [5.74, 6) is 6.42. The molecule has 0 rings (SSSR count). The Kier molecular flexibility index (Phi) is 5.01. The Labute approximate surface area is 76.9 Å². The lowest BCUT2D eigenvalue weighted by atomic mass is 9.87. The molecule has 12 heavy (non-hydrogen) atoms. The van der Waals surface area contributed by atoms with Crippen molar-refractivity contribution in [1.82, 2.24) is 5.32 Å². The molecule has 0 spiro atoms. The molecule has 1 nitrogen and oxygen atoms in total. The van der Waals surface area contributed by atoms with E-state index in [1.165, 1.54) is 0 Å². The quantitative estimate of drug-likeness (QED) is 0.637. The van der Waals surface area contributed by atoms with E-state index in [1.807, 2.05) is 7.05 Å². The van der Waals surface area contributed by atoms with E-state index < -0.39 is 0 Å². The van der Waals surface area contributed by atoms with Gasteiger partial charge in [0.15, 0.2) is 0 Å². The second kappa shape index (κ2) is 5.22. The van der Waals surface area contributed by atoms with E-state index in [2.05, 4.69) is 44.9 Å². The molecule has 0 fully saturated rings. The van der Waals surface area contributed by atoms with Gasteiger partial charge in [-0.2, -0.15) is 0 Å². The van der Waals surface area contributed by atoms with Crippen molar-refractivity contribution < 1.29 is 0 Å². The molecule has 0 aromatic rings. The van der Waals surface area contributed by atoms with E-state index in [-0.39, 0.29) is 5.41 Å². The van der Waals surface area contributed by atoms with Gasteiger partial charge in [0.25, 0.3) is 0 Å². The molecule has 1 N–H and O–H groups in total.